The van der Waals surface area contributed by atoms with E-state index < -0.39 is 22.6 Å². The summed E-state index contributed by atoms with van der Waals surface area (Å²) in [7, 11) is -2.65. The lowest BCUT2D eigenvalue weighted by atomic mass is 10.2. The van der Waals surface area contributed by atoms with Gasteiger partial charge in [0.1, 0.15) is 23.0 Å². The first-order valence-corrected chi connectivity index (χ1v) is 8.14. The van der Waals surface area contributed by atoms with Gasteiger partial charge >= 0.3 is 10.2 Å². The molecule has 0 radical (unpaired) electrons. The Balaban J connectivity index is 2.47. The molecule has 0 saturated heterocycles. The quantitative estimate of drug-likeness (QED) is 0.758. The summed E-state index contributed by atoms with van der Waals surface area (Å²) in [5, 5.41) is 11.1. The van der Waals surface area contributed by atoms with Gasteiger partial charge in [0.05, 0.1) is 13.2 Å². The van der Waals surface area contributed by atoms with Crippen molar-refractivity contribution in [2.75, 3.05) is 26.9 Å². The predicted octanol–water partition coefficient (Wildman–Crippen LogP) is -0.416. The lowest BCUT2D eigenvalue weighted by Gasteiger charge is -2.26. The molecule has 0 unspecified atom stereocenters. The Labute approximate surface area is 125 Å². The third kappa shape index (κ3) is 3.35. The van der Waals surface area contributed by atoms with E-state index in [1.54, 1.807) is 5.38 Å². The SMILES string of the molecule is COCCN1C(C(=O)CO)=CC(c2nccs2)=NS1(=O)=O. The molecule has 21 heavy (non-hydrogen) atoms. The van der Waals surface area contributed by atoms with Gasteiger partial charge in [-0.15, -0.1) is 15.7 Å². The highest BCUT2D eigenvalue weighted by atomic mass is 32.2. The molecule has 10 heteroatoms. The molecule has 114 valence electrons. The van der Waals surface area contributed by atoms with Crippen molar-refractivity contribution in [1.29, 1.82) is 0 Å². The van der Waals surface area contributed by atoms with Gasteiger partial charge in [0.25, 0.3) is 0 Å². The summed E-state index contributed by atoms with van der Waals surface area (Å²) >= 11 is 1.20. The maximum atomic E-state index is 12.2. The van der Waals surface area contributed by atoms with E-state index in [-0.39, 0.29) is 24.6 Å². The molecule has 0 spiro atoms. The fraction of sp³-hybridized carbons (Fsp3) is 0.364. The normalized spacial score (nSPS) is 17.3. The van der Waals surface area contributed by atoms with Gasteiger partial charge in [-0.3, -0.25) is 4.79 Å². The summed E-state index contributed by atoms with van der Waals surface area (Å²) in [6.45, 7) is -0.765. The van der Waals surface area contributed by atoms with Crippen LogP contribution >= 0.6 is 11.3 Å². The van der Waals surface area contributed by atoms with Gasteiger partial charge in [-0.05, 0) is 6.08 Å². The summed E-state index contributed by atoms with van der Waals surface area (Å²) < 4.78 is 33.7. The van der Waals surface area contributed by atoms with E-state index in [0.29, 0.717) is 5.01 Å². The number of allylic oxidation sites excluding steroid dienone is 1. The maximum Gasteiger partial charge on any atom is 0.345 e. The number of rotatable bonds is 6. The van der Waals surface area contributed by atoms with E-state index in [0.717, 1.165) is 4.31 Å². The number of ketones is 1. The maximum absolute atomic E-state index is 12.2. The van der Waals surface area contributed by atoms with Gasteiger partial charge in [0.2, 0.25) is 5.78 Å². The summed E-state index contributed by atoms with van der Waals surface area (Å²) in [5.74, 6) is -0.710. The van der Waals surface area contributed by atoms with Crippen molar-refractivity contribution in [2.45, 2.75) is 0 Å². The molecule has 0 aliphatic carbocycles. The molecule has 8 nitrogen and oxygen atoms in total. The third-order valence-electron chi connectivity index (χ3n) is 2.61. The van der Waals surface area contributed by atoms with E-state index in [2.05, 4.69) is 9.38 Å². The number of methoxy groups -OCH3 is 1. The topological polar surface area (TPSA) is 109 Å². The van der Waals surface area contributed by atoms with Crippen molar-refractivity contribution in [3.05, 3.63) is 28.4 Å². The van der Waals surface area contributed by atoms with Crippen LogP contribution in [0.2, 0.25) is 0 Å². The van der Waals surface area contributed by atoms with Gasteiger partial charge in [0.15, 0.2) is 0 Å². The second-order valence-corrected chi connectivity index (χ2v) is 6.38. The Morgan fingerprint density at radius 1 is 1.52 bits per heavy atom. The van der Waals surface area contributed by atoms with E-state index in [1.165, 1.54) is 30.7 Å². The summed E-state index contributed by atoms with van der Waals surface area (Å²) in [4.78, 5) is 15.8. The minimum Gasteiger partial charge on any atom is -0.388 e. The number of nitrogens with zero attached hydrogens (tertiary/aromatic N) is 3. The van der Waals surface area contributed by atoms with Crippen molar-refractivity contribution in [1.82, 2.24) is 9.29 Å². The van der Waals surface area contributed by atoms with Crippen LogP contribution in [0.4, 0.5) is 0 Å². The van der Waals surface area contributed by atoms with Crippen LogP contribution in [0.1, 0.15) is 5.01 Å². The zero-order chi connectivity index (χ0) is 15.5. The molecule has 1 aliphatic heterocycles. The number of aromatic nitrogens is 1. The van der Waals surface area contributed by atoms with Crippen LogP contribution in [0, 0.1) is 0 Å². The number of hydrogen-bond donors (Lipinski definition) is 1. The number of aliphatic hydroxyl groups excluding tert-OH is 1. The zero-order valence-electron chi connectivity index (χ0n) is 11.1. The number of carbonyl (C=O) groups is 1. The highest BCUT2D eigenvalue weighted by molar-refractivity contribution is 7.88. The molecule has 1 N–H and O–H groups in total. The Morgan fingerprint density at radius 2 is 2.29 bits per heavy atom. The molecule has 0 atom stereocenters. The fourth-order valence-electron chi connectivity index (χ4n) is 1.69. The first-order valence-electron chi connectivity index (χ1n) is 5.87. The highest BCUT2D eigenvalue weighted by Crippen LogP contribution is 2.22. The summed E-state index contributed by atoms with van der Waals surface area (Å²) in [5.41, 5.74) is -0.0646. The van der Waals surface area contributed by atoms with Gasteiger partial charge in [-0.25, -0.2) is 9.29 Å². The average molecular weight is 331 g/mol. The van der Waals surface area contributed by atoms with Crippen LogP contribution in [0.25, 0.3) is 0 Å². The lowest BCUT2D eigenvalue weighted by molar-refractivity contribution is -0.119. The van der Waals surface area contributed by atoms with Gasteiger partial charge in [0, 0.05) is 18.7 Å². The van der Waals surface area contributed by atoms with Crippen LogP contribution in [-0.4, -0.2) is 61.2 Å². The zero-order valence-corrected chi connectivity index (χ0v) is 12.7. The fourth-order valence-corrected chi connectivity index (χ4v) is 3.54. The average Bonchev–Trinajstić information content (AvgIpc) is 2.98. The summed E-state index contributed by atoms with van der Waals surface area (Å²) in [6, 6.07) is 0. The van der Waals surface area contributed by atoms with Crippen LogP contribution in [0.3, 0.4) is 0 Å². The molecule has 1 aromatic rings. The van der Waals surface area contributed by atoms with Crippen molar-refractivity contribution in [3.8, 4) is 0 Å². The van der Waals surface area contributed by atoms with E-state index in [9.17, 15) is 13.2 Å². The van der Waals surface area contributed by atoms with E-state index >= 15 is 0 Å². The number of Topliss-reactive ketones (excluding diaryl/α,β-unsaturated/α-hetero) is 1. The third-order valence-corrected chi connectivity index (χ3v) is 4.77. The van der Waals surface area contributed by atoms with Crippen LogP contribution in [0.15, 0.2) is 27.7 Å². The largest absolute Gasteiger partial charge is 0.388 e. The Bertz CT molecular complexity index is 679. The molecular weight excluding hydrogens is 318 g/mol. The molecule has 0 saturated carbocycles. The molecule has 1 aliphatic rings. The second kappa shape index (κ2) is 6.43. The Kier molecular flexibility index (Phi) is 4.83. The Morgan fingerprint density at radius 3 is 2.86 bits per heavy atom. The minimum absolute atomic E-state index is 0.0644. The van der Waals surface area contributed by atoms with E-state index in [4.69, 9.17) is 9.84 Å². The molecule has 0 amide bonds. The number of thiazole rings is 1. The molecule has 1 aromatic heterocycles. The number of ether oxygens (including phenoxy) is 1. The standard InChI is InChI=1S/C11H13N3O5S2/c1-19-4-3-14-9(10(16)7-15)6-8(13-21(14,17)18)11-12-2-5-20-11/h2,5-6,15H,3-4,7H2,1H3. The van der Waals surface area contributed by atoms with Gasteiger partial charge in [-0.2, -0.15) is 8.42 Å². The highest BCUT2D eigenvalue weighted by Gasteiger charge is 2.32. The summed E-state index contributed by atoms with van der Waals surface area (Å²) in [6.07, 6.45) is 2.82. The second-order valence-electron chi connectivity index (χ2n) is 3.97. The Hall–Kier alpha value is -1.62. The molecule has 0 aromatic carbocycles. The smallest absolute Gasteiger partial charge is 0.345 e. The number of aliphatic hydroxyl groups is 1. The number of hydrogen-bond acceptors (Lipinski definition) is 7. The van der Waals surface area contributed by atoms with Crippen LogP contribution < -0.4 is 0 Å². The lowest BCUT2D eigenvalue weighted by Crippen LogP contribution is -2.39. The van der Waals surface area contributed by atoms with Crippen molar-refractivity contribution in [2.24, 2.45) is 4.40 Å². The minimum atomic E-state index is -4.07. The van der Waals surface area contributed by atoms with Crippen molar-refractivity contribution in [3.63, 3.8) is 0 Å². The van der Waals surface area contributed by atoms with Gasteiger partial charge in [-0.1, -0.05) is 0 Å². The monoisotopic (exact) mass is 331 g/mol. The van der Waals surface area contributed by atoms with Crippen molar-refractivity contribution >= 4 is 33.0 Å². The predicted molar refractivity (Wildman–Crippen MR) is 76.3 cm³/mol. The van der Waals surface area contributed by atoms with Crippen molar-refractivity contribution < 1.29 is 23.1 Å². The molecule has 0 fully saturated rings. The molecule has 2 rings (SSSR count). The van der Waals surface area contributed by atoms with Crippen LogP contribution in [0.5, 0.6) is 0 Å². The molecular formula is C11H13N3O5S2. The first kappa shape index (κ1) is 15.8. The molecule has 0 bridgehead atoms. The van der Waals surface area contributed by atoms with E-state index in [1.807, 2.05) is 0 Å². The number of carbonyl (C=O) groups excluding carboxylic acids is 1. The van der Waals surface area contributed by atoms with Crippen LogP contribution in [-0.2, 0) is 19.7 Å². The molecule has 2 heterocycles. The van der Waals surface area contributed by atoms with Gasteiger partial charge < -0.3 is 9.84 Å². The first-order chi connectivity index (χ1) is 9.99.